The third kappa shape index (κ3) is 5.37. The summed E-state index contributed by atoms with van der Waals surface area (Å²) in [5.41, 5.74) is 2.20. The van der Waals surface area contributed by atoms with Crippen LogP contribution in [0.2, 0.25) is 0 Å². The fraction of sp³-hybridized carbons (Fsp3) is 0.0345. The first-order valence-corrected chi connectivity index (χ1v) is 12.0. The predicted octanol–water partition coefficient (Wildman–Crippen LogP) is 6.38. The van der Waals surface area contributed by atoms with Gasteiger partial charge in [-0.05, 0) is 60.2 Å². The van der Waals surface area contributed by atoms with E-state index in [1.165, 1.54) is 35.6 Å². The fourth-order valence-electron chi connectivity index (χ4n) is 3.60. The van der Waals surface area contributed by atoms with E-state index in [0.717, 1.165) is 10.9 Å². The summed E-state index contributed by atoms with van der Waals surface area (Å²) in [7, 11) is 0. The molecule has 0 amide bonds. The van der Waals surface area contributed by atoms with Crippen LogP contribution in [-0.4, -0.2) is 17.4 Å². The van der Waals surface area contributed by atoms with Crippen molar-refractivity contribution >= 4 is 39.7 Å². The maximum Gasteiger partial charge on any atom is 0.345 e. The van der Waals surface area contributed by atoms with E-state index >= 15 is 0 Å². The number of nitrogens with zero attached hydrogens (tertiary/aromatic N) is 2. The molecule has 0 aliphatic rings. The molecule has 2 heterocycles. The van der Waals surface area contributed by atoms with Crippen molar-refractivity contribution in [2.75, 3.05) is 6.61 Å². The van der Waals surface area contributed by atoms with E-state index in [-0.39, 0.29) is 12.4 Å². The molecule has 0 unspecified atom stereocenters. The Kier molecular flexibility index (Phi) is 6.70. The summed E-state index contributed by atoms with van der Waals surface area (Å²) in [4.78, 5) is 29.2. The maximum atomic E-state index is 13.0. The summed E-state index contributed by atoms with van der Waals surface area (Å²) in [5.74, 6) is -0.201. The number of thiazole rings is 1. The molecular formula is C29H17FN2O4S. The molecule has 180 valence electrons. The van der Waals surface area contributed by atoms with Crippen LogP contribution in [0, 0.1) is 17.1 Å². The quantitative estimate of drug-likeness (QED) is 0.144. The first kappa shape index (κ1) is 23.9. The lowest BCUT2D eigenvalue weighted by Gasteiger charge is -2.06. The summed E-state index contributed by atoms with van der Waals surface area (Å²) in [6, 6.07) is 23.3. The Morgan fingerprint density at radius 1 is 1.08 bits per heavy atom. The Morgan fingerprint density at radius 2 is 1.84 bits per heavy atom. The lowest BCUT2D eigenvalue weighted by atomic mass is 10.1. The zero-order chi connectivity index (χ0) is 25.8. The normalized spacial score (nSPS) is 11.3. The largest absolute Gasteiger partial charge is 0.485 e. The van der Waals surface area contributed by atoms with Gasteiger partial charge in [-0.1, -0.05) is 30.3 Å². The third-order valence-electron chi connectivity index (χ3n) is 5.50. The molecule has 5 aromatic rings. The Hall–Kier alpha value is -4.87. The molecule has 0 N–H and O–H groups in total. The number of benzene rings is 3. The number of Topliss-reactive ketones (excluding diaryl/α,β-unsaturated/α-hetero) is 1. The SMILES string of the molecule is N#CC(=Cc1ccc(OCC(=O)c2ccc(F)cc2)cc1)c1nc(-c2cc3ccccc3oc2=O)cs1. The van der Waals surface area contributed by atoms with Crippen molar-refractivity contribution in [3.8, 4) is 23.1 Å². The number of ketones is 1. The highest BCUT2D eigenvalue weighted by atomic mass is 32.1. The van der Waals surface area contributed by atoms with Crippen LogP contribution in [0.3, 0.4) is 0 Å². The zero-order valence-corrected chi connectivity index (χ0v) is 20.0. The van der Waals surface area contributed by atoms with Gasteiger partial charge in [0.05, 0.1) is 16.8 Å². The molecule has 0 saturated heterocycles. The van der Waals surface area contributed by atoms with Gasteiger partial charge in [-0.15, -0.1) is 11.3 Å². The molecule has 0 saturated carbocycles. The van der Waals surface area contributed by atoms with Crippen LogP contribution in [0.25, 0.3) is 33.9 Å². The van der Waals surface area contributed by atoms with Gasteiger partial charge in [-0.2, -0.15) is 5.26 Å². The topological polar surface area (TPSA) is 93.2 Å². The molecule has 0 spiro atoms. The van der Waals surface area contributed by atoms with Crippen molar-refractivity contribution in [2.45, 2.75) is 0 Å². The molecule has 6 nitrogen and oxygen atoms in total. The molecule has 0 aliphatic heterocycles. The number of hydrogen-bond acceptors (Lipinski definition) is 7. The molecule has 2 aromatic heterocycles. The van der Waals surface area contributed by atoms with Crippen molar-refractivity contribution < 1.29 is 18.3 Å². The van der Waals surface area contributed by atoms with Crippen LogP contribution in [0.5, 0.6) is 5.75 Å². The number of aromatic nitrogens is 1. The fourth-order valence-corrected chi connectivity index (χ4v) is 4.38. The van der Waals surface area contributed by atoms with Crippen molar-refractivity contribution in [1.82, 2.24) is 4.98 Å². The number of halogens is 1. The number of para-hydroxylation sites is 1. The van der Waals surface area contributed by atoms with Crippen LogP contribution in [0.1, 0.15) is 20.9 Å². The second-order valence-electron chi connectivity index (χ2n) is 7.98. The Morgan fingerprint density at radius 3 is 2.59 bits per heavy atom. The highest BCUT2D eigenvalue weighted by Crippen LogP contribution is 2.28. The number of hydrogen-bond donors (Lipinski definition) is 0. The van der Waals surface area contributed by atoms with E-state index in [1.54, 1.807) is 53.9 Å². The molecule has 0 atom stereocenters. The van der Waals surface area contributed by atoms with Crippen LogP contribution >= 0.6 is 11.3 Å². The van der Waals surface area contributed by atoms with Gasteiger partial charge in [0.2, 0.25) is 0 Å². The van der Waals surface area contributed by atoms with Crippen molar-refractivity contribution in [3.63, 3.8) is 0 Å². The number of rotatable bonds is 7. The molecular weight excluding hydrogens is 491 g/mol. The number of carbonyl (C=O) groups excluding carboxylic acids is 1. The van der Waals surface area contributed by atoms with Crippen molar-refractivity contribution in [3.05, 3.63) is 117 Å². The van der Waals surface area contributed by atoms with Gasteiger partial charge >= 0.3 is 5.63 Å². The lowest BCUT2D eigenvalue weighted by molar-refractivity contribution is 0.0921. The minimum absolute atomic E-state index is 0.186. The molecule has 37 heavy (non-hydrogen) atoms. The monoisotopic (exact) mass is 508 g/mol. The van der Waals surface area contributed by atoms with Crippen LogP contribution in [0.15, 0.2) is 93.5 Å². The number of fused-ring (bicyclic) bond motifs is 1. The first-order valence-electron chi connectivity index (χ1n) is 11.1. The summed E-state index contributed by atoms with van der Waals surface area (Å²) in [5, 5.41) is 12.7. The summed E-state index contributed by atoms with van der Waals surface area (Å²) >= 11 is 1.26. The average Bonchev–Trinajstić information content (AvgIpc) is 3.41. The minimum Gasteiger partial charge on any atom is -0.485 e. The van der Waals surface area contributed by atoms with E-state index < -0.39 is 11.4 Å². The molecule has 0 fully saturated rings. The van der Waals surface area contributed by atoms with Crippen LogP contribution in [-0.2, 0) is 0 Å². The van der Waals surface area contributed by atoms with E-state index in [1.807, 2.05) is 12.1 Å². The van der Waals surface area contributed by atoms with Crippen LogP contribution < -0.4 is 10.4 Å². The second-order valence-corrected chi connectivity index (χ2v) is 8.84. The highest BCUT2D eigenvalue weighted by molar-refractivity contribution is 7.11. The average molecular weight is 509 g/mol. The number of nitriles is 1. The molecule has 0 aliphatic carbocycles. The molecule has 8 heteroatoms. The number of ether oxygens (including phenoxy) is 1. The summed E-state index contributed by atoms with van der Waals surface area (Å²) in [6.45, 7) is -0.186. The minimum atomic E-state index is -0.494. The van der Waals surface area contributed by atoms with E-state index in [4.69, 9.17) is 9.15 Å². The smallest absolute Gasteiger partial charge is 0.345 e. The van der Waals surface area contributed by atoms with Gasteiger partial charge in [0.15, 0.2) is 12.4 Å². The number of carbonyl (C=O) groups is 1. The lowest BCUT2D eigenvalue weighted by Crippen LogP contribution is -2.11. The number of allylic oxidation sites excluding steroid dienone is 1. The predicted molar refractivity (Wildman–Crippen MR) is 140 cm³/mol. The third-order valence-corrected chi connectivity index (χ3v) is 6.38. The molecule has 0 radical (unpaired) electrons. The second kappa shape index (κ2) is 10.4. The van der Waals surface area contributed by atoms with Gasteiger partial charge in [0.25, 0.3) is 0 Å². The molecule has 3 aromatic carbocycles. The molecule has 0 bridgehead atoms. The van der Waals surface area contributed by atoms with E-state index in [2.05, 4.69) is 11.1 Å². The molecule has 5 rings (SSSR count). The van der Waals surface area contributed by atoms with Crippen molar-refractivity contribution in [2.24, 2.45) is 0 Å². The van der Waals surface area contributed by atoms with E-state index in [9.17, 15) is 19.2 Å². The van der Waals surface area contributed by atoms with Crippen LogP contribution in [0.4, 0.5) is 4.39 Å². The van der Waals surface area contributed by atoms with Gasteiger partial charge in [-0.3, -0.25) is 4.79 Å². The first-order chi connectivity index (χ1) is 18.0. The van der Waals surface area contributed by atoms with Gasteiger partial charge in [-0.25, -0.2) is 14.2 Å². The Balaban J connectivity index is 1.30. The Labute approximate surface area is 214 Å². The van der Waals surface area contributed by atoms with Gasteiger partial charge in [0.1, 0.15) is 28.2 Å². The Bertz CT molecular complexity index is 1730. The van der Waals surface area contributed by atoms with Crippen molar-refractivity contribution in [1.29, 1.82) is 5.26 Å². The summed E-state index contributed by atoms with van der Waals surface area (Å²) in [6.07, 6.45) is 1.68. The highest BCUT2D eigenvalue weighted by Gasteiger charge is 2.14. The maximum absolute atomic E-state index is 13.0. The van der Waals surface area contributed by atoms with Gasteiger partial charge < -0.3 is 9.15 Å². The summed E-state index contributed by atoms with van der Waals surface area (Å²) < 4.78 is 24.0. The van der Waals surface area contributed by atoms with Gasteiger partial charge in [0, 0.05) is 16.3 Å². The standard InChI is InChI=1S/C29H17FN2O4S/c30-22-9-7-19(8-10-22)26(33)16-35-23-11-5-18(6-12-23)13-21(15-31)28-32-25(17-37-28)24-14-20-3-1-2-4-27(20)36-29(24)34/h1-14,17H,16H2. The van der Waals surface area contributed by atoms with E-state index in [0.29, 0.717) is 38.7 Å². The zero-order valence-electron chi connectivity index (χ0n) is 19.2.